The van der Waals surface area contributed by atoms with E-state index in [2.05, 4.69) is 0 Å². The SMILES string of the molecule is COc1ccccc1/C=C1/SC(=S)N(c2cccc(F)c2)C1=O. The number of thiocarbonyl (C=S) groups is 1. The lowest BCUT2D eigenvalue weighted by Crippen LogP contribution is -2.27. The van der Waals surface area contributed by atoms with E-state index in [-0.39, 0.29) is 5.91 Å². The van der Waals surface area contributed by atoms with Gasteiger partial charge in [0.05, 0.1) is 17.7 Å². The lowest BCUT2D eigenvalue weighted by atomic mass is 10.2. The number of benzene rings is 2. The molecule has 0 unspecified atom stereocenters. The molecule has 116 valence electrons. The predicted octanol–water partition coefficient (Wildman–Crippen LogP) is 4.24. The number of halogens is 1. The smallest absolute Gasteiger partial charge is 0.270 e. The maximum Gasteiger partial charge on any atom is 0.270 e. The topological polar surface area (TPSA) is 29.5 Å². The number of methoxy groups -OCH3 is 1. The van der Waals surface area contributed by atoms with Crippen molar-refractivity contribution in [2.24, 2.45) is 0 Å². The fourth-order valence-corrected chi connectivity index (χ4v) is 3.52. The van der Waals surface area contributed by atoms with E-state index in [4.69, 9.17) is 17.0 Å². The molecule has 3 nitrogen and oxygen atoms in total. The Bertz CT molecular complexity index is 820. The quantitative estimate of drug-likeness (QED) is 0.615. The number of thioether (sulfide) groups is 1. The molecule has 2 aromatic rings. The fraction of sp³-hybridized carbons (Fsp3) is 0.0588. The van der Waals surface area contributed by atoms with Gasteiger partial charge in [-0.15, -0.1) is 0 Å². The van der Waals surface area contributed by atoms with Gasteiger partial charge in [-0.05, 0) is 30.3 Å². The number of nitrogens with zero attached hydrogens (tertiary/aromatic N) is 1. The van der Waals surface area contributed by atoms with E-state index in [9.17, 15) is 9.18 Å². The van der Waals surface area contributed by atoms with Crippen LogP contribution in [0.25, 0.3) is 6.08 Å². The summed E-state index contributed by atoms with van der Waals surface area (Å²) in [6.07, 6.45) is 1.73. The molecule has 1 amide bonds. The van der Waals surface area contributed by atoms with Crippen LogP contribution < -0.4 is 9.64 Å². The molecule has 0 aliphatic carbocycles. The third kappa shape index (κ3) is 3.13. The Morgan fingerprint density at radius 2 is 2.00 bits per heavy atom. The van der Waals surface area contributed by atoms with Gasteiger partial charge in [0, 0.05) is 5.56 Å². The second-order valence-corrected chi connectivity index (χ2v) is 6.41. The van der Waals surface area contributed by atoms with Gasteiger partial charge in [0.1, 0.15) is 11.6 Å². The molecule has 0 aromatic heterocycles. The van der Waals surface area contributed by atoms with Crippen LogP contribution in [-0.2, 0) is 4.79 Å². The minimum absolute atomic E-state index is 0.267. The van der Waals surface area contributed by atoms with Crippen LogP contribution in [0.2, 0.25) is 0 Å². The van der Waals surface area contributed by atoms with Gasteiger partial charge >= 0.3 is 0 Å². The van der Waals surface area contributed by atoms with Gasteiger partial charge in [-0.1, -0.05) is 48.2 Å². The van der Waals surface area contributed by atoms with Crippen molar-refractivity contribution in [3.63, 3.8) is 0 Å². The highest BCUT2D eigenvalue weighted by atomic mass is 32.2. The van der Waals surface area contributed by atoms with Gasteiger partial charge in [0.2, 0.25) is 0 Å². The van der Waals surface area contributed by atoms with E-state index in [0.717, 1.165) is 5.56 Å². The van der Waals surface area contributed by atoms with Crippen molar-refractivity contribution < 1.29 is 13.9 Å². The first-order valence-electron chi connectivity index (χ1n) is 6.76. The molecule has 6 heteroatoms. The largest absolute Gasteiger partial charge is 0.496 e. The number of hydrogen-bond donors (Lipinski definition) is 0. The Labute approximate surface area is 142 Å². The van der Waals surface area contributed by atoms with Gasteiger partial charge < -0.3 is 4.74 Å². The zero-order chi connectivity index (χ0) is 16.4. The number of carbonyl (C=O) groups excluding carboxylic acids is 1. The first-order chi connectivity index (χ1) is 11.1. The number of anilines is 1. The molecule has 1 saturated heterocycles. The summed E-state index contributed by atoms with van der Waals surface area (Å²) < 4.78 is 19.1. The third-order valence-corrected chi connectivity index (χ3v) is 4.59. The highest BCUT2D eigenvalue weighted by molar-refractivity contribution is 8.27. The molecule has 3 rings (SSSR count). The average molecular weight is 345 g/mol. The van der Waals surface area contributed by atoms with Crippen LogP contribution in [0.1, 0.15) is 5.56 Å². The van der Waals surface area contributed by atoms with E-state index in [1.165, 1.54) is 28.8 Å². The third-order valence-electron chi connectivity index (χ3n) is 3.29. The first-order valence-corrected chi connectivity index (χ1v) is 7.99. The molecule has 1 aliphatic rings. The summed E-state index contributed by atoms with van der Waals surface area (Å²) in [5.41, 5.74) is 1.21. The summed E-state index contributed by atoms with van der Waals surface area (Å²) in [5.74, 6) is -0.00899. The molecular formula is C17H12FNO2S2. The monoisotopic (exact) mass is 345 g/mol. The summed E-state index contributed by atoms with van der Waals surface area (Å²) in [6, 6.07) is 13.2. The first kappa shape index (κ1) is 15.7. The van der Waals surface area contributed by atoms with Gasteiger partial charge in [-0.3, -0.25) is 9.69 Å². The number of hydrogen-bond acceptors (Lipinski definition) is 4. The Morgan fingerprint density at radius 1 is 1.22 bits per heavy atom. The minimum Gasteiger partial charge on any atom is -0.496 e. The predicted molar refractivity (Wildman–Crippen MR) is 95.0 cm³/mol. The summed E-state index contributed by atoms with van der Waals surface area (Å²) in [7, 11) is 1.57. The maximum atomic E-state index is 13.4. The molecule has 0 N–H and O–H groups in total. The Balaban J connectivity index is 1.97. The highest BCUT2D eigenvalue weighted by Crippen LogP contribution is 2.37. The van der Waals surface area contributed by atoms with Crippen molar-refractivity contribution in [2.75, 3.05) is 12.0 Å². The van der Waals surface area contributed by atoms with Crippen molar-refractivity contribution in [1.29, 1.82) is 0 Å². The van der Waals surface area contributed by atoms with Crippen LogP contribution in [0.4, 0.5) is 10.1 Å². The van der Waals surface area contributed by atoms with Crippen LogP contribution >= 0.6 is 24.0 Å². The molecule has 0 spiro atoms. The normalized spacial score (nSPS) is 16.3. The molecule has 23 heavy (non-hydrogen) atoms. The second kappa shape index (κ2) is 6.52. The molecule has 0 saturated carbocycles. The Kier molecular flexibility index (Phi) is 4.45. The number of carbonyl (C=O) groups is 1. The van der Waals surface area contributed by atoms with Crippen LogP contribution in [0, 0.1) is 5.82 Å². The molecule has 0 atom stereocenters. The van der Waals surface area contributed by atoms with Crippen LogP contribution in [0.15, 0.2) is 53.4 Å². The molecular weight excluding hydrogens is 333 g/mol. The summed E-state index contributed by atoms with van der Waals surface area (Å²) in [6.45, 7) is 0. The van der Waals surface area contributed by atoms with Crippen molar-refractivity contribution in [3.05, 3.63) is 64.8 Å². The maximum absolute atomic E-state index is 13.4. The van der Waals surface area contributed by atoms with Gasteiger partial charge in [-0.2, -0.15) is 0 Å². The molecule has 1 fully saturated rings. The zero-order valence-corrected chi connectivity index (χ0v) is 13.8. The van der Waals surface area contributed by atoms with E-state index in [1.807, 2.05) is 24.3 Å². The Hall–Kier alpha value is -2.18. The van der Waals surface area contributed by atoms with Crippen molar-refractivity contribution >= 4 is 46.0 Å². The molecule has 0 radical (unpaired) electrons. The van der Waals surface area contributed by atoms with Crippen LogP contribution in [0.5, 0.6) is 5.75 Å². The van der Waals surface area contributed by atoms with E-state index in [0.29, 0.717) is 20.7 Å². The standard InChI is InChI=1S/C17H12FNO2S2/c1-21-14-8-3-2-5-11(14)9-15-16(20)19(17(22)23-15)13-7-4-6-12(18)10-13/h2-10H,1H3/b15-9+. The minimum atomic E-state index is -0.412. The fourth-order valence-electron chi connectivity index (χ4n) is 2.23. The number of rotatable bonds is 3. The summed E-state index contributed by atoms with van der Waals surface area (Å²) in [4.78, 5) is 14.4. The molecule has 0 bridgehead atoms. The highest BCUT2D eigenvalue weighted by Gasteiger charge is 2.33. The van der Waals surface area contributed by atoms with Crippen molar-refractivity contribution in [3.8, 4) is 5.75 Å². The lowest BCUT2D eigenvalue weighted by Gasteiger charge is -2.14. The van der Waals surface area contributed by atoms with Gasteiger partial charge in [0.15, 0.2) is 4.32 Å². The number of ether oxygens (including phenoxy) is 1. The number of para-hydroxylation sites is 1. The van der Waals surface area contributed by atoms with Crippen molar-refractivity contribution in [2.45, 2.75) is 0 Å². The van der Waals surface area contributed by atoms with Gasteiger partial charge in [0.25, 0.3) is 5.91 Å². The molecule has 1 aliphatic heterocycles. The van der Waals surface area contributed by atoms with Crippen molar-refractivity contribution in [1.82, 2.24) is 0 Å². The van der Waals surface area contributed by atoms with Gasteiger partial charge in [-0.25, -0.2) is 4.39 Å². The summed E-state index contributed by atoms with van der Waals surface area (Å²) >= 11 is 6.46. The van der Waals surface area contributed by atoms with Crippen LogP contribution in [0.3, 0.4) is 0 Å². The van der Waals surface area contributed by atoms with E-state index >= 15 is 0 Å². The van der Waals surface area contributed by atoms with E-state index in [1.54, 1.807) is 25.3 Å². The second-order valence-electron chi connectivity index (χ2n) is 4.74. The lowest BCUT2D eigenvalue weighted by molar-refractivity contribution is -0.113. The average Bonchev–Trinajstić information content (AvgIpc) is 2.82. The zero-order valence-electron chi connectivity index (χ0n) is 12.2. The number of amides is 1. The van der Waals surface area contributed by atoms with Crippen LogP contribution in [-0.4, -0.2) is 17.3 Å². The Morgan fingerprint density at radius 3 is 2.74 bits per heavy atom. The van der Waals surface area contributed by atoms with E-state index < -0.39 is 5.82 Å². The summed E-state index contributed by atoms with van der Waals surface area (Å²) in [5, 5.41) is 0. The molecule has 1 heterocycles. The molecule has 2 aromatic carbocycles.